The van der Waals surface area contributed by atoms with Gasteiger partial charge in [0.2, 0.25) is 0 Å². The molecule has 0 spiro atoms. The van der Waals surface area contributed by atoms with E-state index in [4.69, 9.17) is 0 Å². The van der Waals surface area contributed by atoms with E-state index < -0.39 is 18.0 Å². The molecule has 7 nitrogen and oxygen atoms in total. The molecule has 1 fully saturated rings. The largest absolute Gasteiger partial charge is 0.507 e. The summed E-state index contributed by atoms with van der Waals surface area (Å²) in [7, 11) is 0. The van der Waals surface area contributed by atoms with Crippen LogP contribution in [-0.4, -0.2) is 42.0 Å². The van der Waals surface area contributed by atoms with Crippen molar-refractivity contribution in [3.63, 3.8) is 0 Å². The zero-order valence-corrected chi connectivity index (χ0v) is 17.4. The first-order valence-electron chi connectivity index (χ1n) is 9.40. The van der Waals surface area contributed by atoms with Crippen molar-refractivity contribution in [2.75, 3.05) is 0 Å². The number of hydrogen-bond donors (Lipinski definition) is 4. The Labute approximate surface area is 166 Å². The molecular formula is C21H31N3O4. The SMILES string of the molecule is CC(C)(C)c1cc(CC2(C=O)NC(C=O)NC(C=O)N2)cc(C(C)(C)C)c1O. The molecule has 2 atom stereocenters. The van der Waals surface area contributed by atoms with Crippen LogP contribution >= 0.6 is 0 Å². The number of benzene rings is 1. The summed E-state index contributed by atoms with van der Waals surface area (Å²) in [5.74, 6) is 0.256. The molecule has 0 radical (unpaired) electrons. The summed E-state index contributed by atoms with van der Waals surface area (Å²) in [6.07, 6.45) is 0.465. The third-order valence-electron chi connectivity index (χ3n) is 4.93. The number of nitrogens with one attached hydrogen (secondary N) is 3. The molecule has 7 heteroatoms. The minimum absolute atomic E-state index is 0.208. The Morgan fingerprint density at radius 2 is 1.36 bits per heavy atom. The standard InChI is InChI=1S/C21H31N3O4/c1-19(2,3)14-7-13(8-15(18(14)28)20(4,5)6)9-21(12-27)23-16(10-25)22-17(11-26)24-21/h7-8,10-12,16-17,22-24,28H,9H2,1-6H3. The normalized spacial score (nSPS) is 25.9. The molecule has 0 aliphatic carbocycles. The summed E-state index contributed by atoms with van der Waals surface area (Å²) >= 11 is 0. The predicted octanol–water partition coefficient (Wildman–Crippen LogP) is 1.26. The Morgan fingerprint density at radius 1 is 0.929 bits per heavy atom. The average molecular weight is 389 g/mol. The van der Waals surface area contributed by atoms with Crippen LogP contribution in [0.3, 0.4) is 0 Å². The lowest BCUT2D eigenvalue weighted by Gasteiger charge is -2.41. The topological polar surface area (TPSA) is 108 Å². The number of phenolic OH excluding ortho intramolecular Hbond substituents is 1. The van der Waals surface area contributed by atoms with E-state index in [-0.39, 0.29) is 23.0 Å². The second-order valence-corrected chi connectivity index (χ2v) is 9.49. The fourth-order valence-electron chi connectivity index (χ4n) is 3.49. The van der Waals surface area contributed by atoms with Gasteiger partial charge in [0.1, 0.15) is 23.7 Å². The van der Waals surface area contributed by atoms with Crippen molar-refractivity contribution < 1.29 is 19.5 Å². The van der Waals surface area contributed by atoms with Gasteiger partial charge in [0.05, 0.1) is 0 Å². The molecule has 2 rings (SSSR count). The van der Waals surface area contributed by atoms with Crippen LogP contribution in [-0.2, 0) is 31.6 Å². The second kappa shape index (κ2) is 7.73. The zero-order valence-electron chi connectivity index (χ0n) is 17.4. The van der Waals surface area contributed by atoms with Crippen LogP contribution in [0.15, 0.2) is 12.1 Å². The summed E-state index contributed by atoms with van der Waals surface area (Å²) in [6.45, 7) is 12.1. The molecule has 1 heterocycles. The molecule has 1 aliphatic heterocycles. The smallest absolute Gasteiger partial charge is 0.155 e. The number of hydrogen-bond acceptors (Lipinski definition) is 7. The zero-order chi connectivity index (χ0) is 21.3. The summed E-state index contributed by atoms with van der Waals surface area (Å²) in [6, 6.07) is 3.76. The highest BCUT2D eigenvalue weighted by atomic mass is 16.3. The highest BCUT2D eigenvalue weighted by Crippen LogP contribution is 2.40. The van der Waals surface area contributed by atoms with Crippen LogP contribution in [0.2, 0.25) is 0 Å². The van der Waals surface area contributed by atoms with Crippen molar-refractivity contribution in [1.82, 2.24) is 16.0 Å². The maximum absolute atomic E-state index is 12.0. The van der Waals surface area contributed by atoms with E-state index in [1.807, 2.05) is 53.7 Å². The summed E-state index contributed by atoms with van der Waals surface area (Å²) in [5, 5.41) is 19.5. The summed E-state index contributed by atoms with van der Waals surface area (Å²) in [4.78, 5) is 34.6. The highest BCUT2D eigenvalue weighted by Gasteiger charge is 2.40. The van der Waals surface area contributed by atoms with Gasteiger partial charge in [0, 0.05) is 6.42 Å². The van der Waals surface area contributed by atoms with Crippen molar-refractivity contribution in [2.24, 2.45) is 0 Å². The van der Waals surface area contributed by atoms with Gasteiger partial charge in [-0.1, -0.05) is 53.7 Å². The molecule has 154 valence electrons. The maximum Gasteiger partial charge on any atom is 0.155 e. The van der Waals surface area contributed by atoms with E-state index in [0.29, 0.717) is 18.9 Å². The molecule has 4 N–H and O–H groups in total. The average Bonchev–Trinajstić information content (AvgIpc) is 2.60. The Bertz CT molecular complexity index is 711. The molecule has 0 aromatic heterocycles. The Balaban J connectivity index is 2.55. The van der Waals surface area contributed by atoms with E-state index >= 15 is 0 Å². The van der Waals surface area contributed by atoms with Gasteiger partial charge in [0.15, 0.2) is 18.9 Å². The van der Waals surface area contributed by atoms with E-state index in [2.05, 4.69) is 16.0 Å². The van der Waals surface area contributed by atoms with Crippen molar-refractivity contribution >= 4 is 18.9 Å². The highest BCUT2D eigenvalue weighted by molar-refractivity contribution is 5.71. The van der Waals surface area contributed by atoms with Crippen molar-refractivity contribution in [3.8, 4) is 5.75 Å². The van der Waals surface area contributed by atoms with Gasteiger partial charge in [-0.2, -0.15) is 0 Å². The molecule has 1 aromatic rings. The minimum Gasteiger partial charge on any atom is -0.507 e. The molecule has 28 heavy (non-hydrogen) atoms. The quantitative estimate of drug-likeness (QED) is 0.562. The molecular weight excluding hydrogens is 358 g/mol. The number of aromatic hydroxyl groups is 1. The summed E-state index contributed by atoms with van der Waals surface area (Å²) in [5.41, 5.74) is 0.479. The molecule has 0 bridgehead atoms. The lowest BCUT2D eigenvalue weighted by Crippen LogP contribution is -2.76. The third-order valence-corrected chi connectivity index (χ3v) is 4.93. The van der Waals surface area contributed by atoms with E-state index in [9.17, 15) is 19.5 Å². The van der Waals surface area contributed by atoms with Crippen molar-refractivity contribution in [3.05, 3.63) is 28.8 Å². The maximum atomic E-state index is 12.0. The first-order valence-corrected chi connectivity index (χ1v) is 9.40. The lowest BCUT2D eigenvalue weighted by molar-refractivity contribution is -0.122. The molecule has 0 saturated carbocycles. The number of carbonyl (C=O) groups is 3. The van der Waals surface area contributed by atoms with Crippen LogP contribution < -0.4 is 16.0 Å². The fourth-order valence-corrected chi connectivity index (χ4v) is 3.49. The number of phenols is 1. The monoisotopic (exact) mass is 389 g/mol. The van der Waals surface area contributed by atoms with Crippen LogP contribution in [0.25, 0.3) is 0 Å². The van der Waals surface area contributed by atoms with E-state index in [1.165, 1.54) is 0 Å². The van der Waals surface area contributed by atoms with Crippen LogP contribution in [0.5, 0.6) is 5.75 Å². The Morgan fingerprint density at radius 3 is 1.68 bits per heavy atom. The Kier molecular flexibility index (Phi) is 6.13. The van der Waals surface area contributed by atoms with Crippen molar-refractivity contribution in [1.29, 1.82) is 0 Å². The first-order chi connectivity index (χ1) is 12.8. The van der Waals surface area contributed by atoms with Gasteiger partial charge in [-0.15, -0.1) is 0 Å². The predicted molar refractivity (Wildman–Crippen MR) is 107 cm³/mol. The van der Waals surface area contributed by atoms with E-state index in [1.54, 1.807) is 0 Å². The molecule has 1 aromatic carbocycles. The van der Waals surface area contributed by atoms with Crippen LogP contribution in [0.1, 0.15) is 58.2 Å². The first kappa shape index (κ1) is 22.2. The minimum atomic E-state index is -1.29. The van der Waals surface area contributed by atoms with Crippen molar-refractivity contribution in [2.45, 2.75) is 76.8 Å². The summed E-state index contributed by atoms with van der Waals surface area (Å²) < 4.78 is 0. The second-order valence-electron chi connectivity index (χ2n) is 9.49. The van der Waals surface area contributed by atoms with Gasteiger partial charge in [-0.3, -0.25) is 20.7 Å². The van der Waals surface area contributed by atoms with Crippen LogP contribution in [0, 0.1) is 0 Å². The lowest BCUT2D eigenvalue weighted by atomic mass is 9.77. The van der Waals surface area contributed by atoms with Gasteiger partial charge in [0.25, 0.3) is 0 Å². The number of carbonyl (C=O) groups excluding carboxylic acids is 3. The fraction of sp³-hybridized carbons (Fsp3) is 0.571. The van der Waals surface area contributed by atoms with Gasteiger partial charge in [-0.05, 0) is 27.5 Å². The molecule has 1 aliphatic rings. The molecule has 2 unspecified atom stereocenters. The van der Waals surface area contributed by atoms with Gasteiger partial charge < -0.3 is 14.7 Å². The molecule has 1 saturated heterocycles. The van der Waals surface area contributed by atoms with Gasteiger partial charge in [-0.25, -0.2) is 0 Å². The molecule has 0 amide bonds. The third kappa shape index (κ3) is 4.66. The Hall–Kier alpha value is -2.09. The number of rotatable bonds is 5. The number of aldehydes is 3. The van der Waals surface area contributed by atoms with E-state index in [0.717, 1.165) is 16.7 Å². The van der Waals surface area contributed by atoms with Gasteiger partial charge >= 0.3 is 0 Å². The van der Waals surface area contributed by atoms with Crippen LogP contribution in [0.4, 0.5) is 0 Å².